The van der Waals surface area contributed by atoms with Crippen LogP contribution in [0.3, 0.4) is 0 Å². The zero-order chi connectivity index (χ0) is 19.3. The Hall–Kier alpha value is -1.18. The maximum absolute atomic E-state index is 12.6. The first kappa shape index (κ1) is 21.1. The topological polar surface area (TPSA) is 84.2 Å². The van der Waals surface area contributed by atoms with Crippen molar-refractivity contribution in [3.05, 3.63) is 34.9 Å². The molecule has 26 heavy (non-hydrogen) atoms. The highest BCUT2D eigenvalue weighted by Crippen LogP contribution is 2.25. The first-order chi connectivity index (χ1) is 12.2. The average Bonchev–Trinajstić information content (AvgIpc) is 2.59. The first-order valence-electron chi connectivity index (χ1n) is 9.03. The standard InChI is InChI=1S/C19H29ClN2O4/c1-14(2)21(9-10-23)12-19(26)13-22(8-7-17(19)24)18(25)11-15-3-5-16(20)6-4-15/h3-6,14,17,23-24,26H,7-13H2,1-2H3/t17-,19+/m0/s1. The van der Waals surface area contributed by atoms with Gasteiger partial charge in [0.05, 0.1) is 25.7 Å². The molecule has 1 aromatic rings. The monoisotopic (exact) mass is 384 g/mol. The summed E-state index contributed by atoms with van der Waals surface area (Å²) in [7, 11) is 0. The van der Waals surface area contributed by atoms with Crippen LogP contribution < -0.4 is 0 Å². The van der Waals surface area contributed by atoms with Gasteiger partial charge in [0, 0.05) is 30.7 Å². The number of halogens is 1. The van der Waals surface area contributed by atoms with Gasteiger partial charge < -0.3 is 20.2 Å². The third-order valence-electron chi connectivity index (χ3n) is 4.97. The number of benzene rings is 1. The van der Waals surface area contributed by atoms with Gasteiger partial charge in [-0.25, -0.2) is 0 Å². The molecule has 1 aliphatic rings. The van der Waals surface area contributed by atoms with Crippen molar-refractivity contribution in [1.29, 1.82) is 0 Å². The highest BCUT2D eigenvalue weighted by Gasteiger charge is 2.43. The van der Waals surface area contributed by atoms with Gasteiger partial charge >= 0.3 is 0 Å². The van der Waals surface area contributed by atoms with Crippen LogP contribution in [0.1, 0.15) is 25.8 Å². The molecular formula is C19H29ClN2O4. The molecule has 6 nitrogen and oxygen atoms in total. The number of carbonyl (C=O) groups excluding carboxylic acids is 1. The van der Waals surface area contributed by atoms with Crippen LogP contribution in [0.5, 0.6) is 0 Å². The van der Waals surface area contributed by atoms with Crippen LogP contribution in [0.2, 0.25) is 5.02 Å². The third-order valence-corrected chi connectivity index (χ3v) is 5.23. The number of aliphatic hydroxyl groups excluding tert-OH is 2. The fourth-order valence-electron chi connectivity index (χ4n) is 3.32. The van der Waals surface area contributed by atoms with Crippen LogP contribution in [0.15, 0.2) is 24.3 Å². The van der Waals surface area contributed by atoms with E-state index < -0.39 is 11.7 Å². The lowest BCUT2D eigenvalue weighted by Gasteiger charge is -2.45. The summed E-state index contributed by atoms with van der Waals surface area (Å²) in [6.07, 6.45) is -0.344. The van der Waals surface area contributed by atoms with E-state index in [4.69, 9.17) is 11.6 Å². The van der Waals surface area contributed by atoms with Gasteiger partial charge in [0.1, 0.15) is 5.60 Å². The van der Waals surface area contributed by atoms with Gasteiger partial charge in [-0.2, -0.15) is 0 Å². The number of rotatable bonds is 7. The Morgan fingerprint density at radius 1 is 1.38 bits per heavy atom. The van der Waals surface area contributed by atoms with E-state index in [0.29, 0.717) is 24.5 Å². The van der Waals surface area contributed by atoms with E-state index in [2.05, 4.69) is 0 Å². The quantitative estimate of drug-likeness (QED) is 0.650. The Morgan fingerprint density at radius 3 is 2.62 bits per heavy atom. The number of hydrogen-bond donors (Lipinski definition) is 3. The molecule has 146 valence electrons. The van der Waals surface area contributed by atoms with Crippen LogP contribution >= 0.6 is 11.6 Å². The lowest BCUT2D eigenvalue weighted by Crippen LogP contribution is -2.63. The van der Waals surface area contributed by atoms with Crippen molar-refractivity contribution in [1.82, 2.24) is 9.80 Å². The fourth-order valence-corrected chi connectivity index (χ4v) is 3.44. The van der Waals surface area contributed by atoms with Crippen molar-refractivity contribution < 1.29 is 20.1 Å². The normalized spacial score (nSPS) is 23.7. The van der Waals surface area contributed by atoms with Crippen molar-refractivity contribution >= 4 is 17.5 Å². The lowest BCUT2D eigenvalue weighted by atomic mass is 9.88. The van der Waals surface area contributed by atoms with Crippen LogP contribution in [0, 0.1) is 0 Å². The molecule has 0 saturated carbocycles. The Bertz CT molecular complexity index is 596. The maximum Gasteiger partial charge on any atom is 0.227 e. The molecule has 1 fully saturated rings. The summed E-state index contributed by atoms with van der Waals surface area (Å²) in [5.41, 5.74) is -0.550. The molecule has 1 amide bonds. The first-order valence-corrected chi connectivity index (χ1v) is 9.40. The Kier molecular flexibility index (Phi) is 7.43. The predicted molar refractivity (Wildman–Crippen MR) is 101 cm³/mol. The van der Waals surface area contributed by atoms with Crippen molar-refractivity contribution in [2.75, 3.05) is 32.8 Å². The molecule has 0 aliphatic carbocycles. The van der Waals surface area contributed by atoms with Crippen molar-refractivity contribution in [2.45, 2.75) is 44.4 Å². The molecule has 0 bridgehead atoms. The number of amides is 1. The number of hydrogen-bond acceptors (Lipinski definition) is 5. The minimum absolute atomic E-state index is 0.0242. The second kappa shape index (κ2) is 9.15. The minimum Gasteiger partial charge on any atom is -0.395 e. The molecule has 3 N–H and O–H groups in total. The Balaban J connectivity index is 2.05. The van der Waals surface area contributed by atoms with Gasteiger partial charge in [-0.15, -0.1) is 0 Å². The molecule has 1 saturated heterocycles. The van der Waals surface area contributed by atoms with E-state index >= 15 is 0 Å². The molecule has 1 heterocycles. The second-order valence-corrected chi connectivity index (χ2v) is 7.75. The molecule has 0 unspecified atom stereocenters. The van der Waals surface area contributed by atoms with Crippen LogP contribution in [-0.2, 0) is 11.2 Å². The number of nitrogens with zero attached hydrogens (tertiary/aromatic N) is 2. The maximum atomic E-state index is 12.6. The second-order valence-electron chi connectivity index (χ2n) is 7.31. The van der Waals surface area contributed by atoms with Crippen LogP contribution in [0.4, 0.5) is 0 Å². The Labute approximate surface area is 160 Å². The van der Waals surface area contributed by atoms with E-state index in [1.807, 2.05) is 30.9 Å². The molecule has 7 heteroatoms. The van der Waals surface area contributed by atoms with E-state index in [1.54, 1.807) is 17.0 Å². The SMILES string of the molecule is CC(C)N(CCO)C[C@@]1(O)CN(C(=O)Cc2ccc(Cl)cc2)CC[C@@H]1O. The fraction of sp³-hybridized carbons (Fsp3) is 0.632. The van der Waals surface area contributed by atoms with E-state index in [-0.39, 0.29) is 38.1 Å². The van der Waals surface area contributed by atoms with Crippen molar-refractivity contribution in [3.8, 4) is 0 Å². The smallest absolute Gasteiger partial charge is 0.227 e. The van der Waals surface area contributed by atoms with Gasteiger partial charge in [-0.3, -0.25) is 9.69 Å². The lowest BCUT2D eigenvalue weighted by molar-refractivity contribution is -0.157. The van der Waals surface area contributed by atoms with Crippen molar-refractivity contribution in [3.63, 3.8) is 0 Å². The molecule has 0 radical (unpaired) electrons. The van der Waals surface area contributed by atoms with Gasteiger partial charge in [0.2, 0.25) is 5.91 Å². The van der Waals surface area contributed by atoms with Crippen LogP contribution in [-0.4, -0.2) is 81.6 Å². The molecule has 1 aromatic carbocycles. The number of carbonyl (C=O) groups is 1. The number of β-amino-alcohol motifs (C(OH)–C–C–N with tert-alkyl or cyclic N) is 1. The number of piperidine rings is 1. The van der Waals surface area contributed by atoms with E-state index in [1.165, 1.54) is 0 Å². The third kappa shape index (κ3) is 5.41. The molecule has 0 spiro atoms. The van der Waals surface area contributed by atoms with Gasteiger partial charge in [-0.1, -0.05) is 23.7 Å². The van der Waals surface area contributed by atoms with E-state index in [9.17, 15) is 20.1 Å². The summed E-state index contributed by atoms with van der Waals surface area (Å²) in [5.74, 6) is -0.0871. The molecule has 1 aliphatic heterocycles. The summed E-state index contributed by atoms with van der Waals surface area (Å²) in [4.78, 5) is 16.2. The van der Waals surface area contributed by atoms with Gasteiger partial charge in [0.15, 0.2) is 0 Å². The zero-order valence-corrected chi connectivity index (χ0v) is 16.2. The Morgan fingerprint density at radius 2 is 2.04 bits per heavy atom. The predicted octanol–water partition coefficient (Wildman–Crippen LogP) is 0.910. The highest BCUT2D eigenvalue weighted by atomic mass is 35.5. The largest absolute Gasteiger partial charge is 0.395 e. The van der Waals surface area contributed by atoms with E-state index in [0.717, 1.165) is 5.56 Å². The minimum atomic E-state index is -1.41. The summed E-state index contributed by atoms with van der Waals surface area (Å²) in [5, 5.41) is 31.2. The van der Waals surface area contributed by atoms with Gasteiger partial charge in [-0.05, 0) is 38.0 Å². The van der Waals surface area contributed by atoms with Crippen molar-refractivity contribution in [2.24, 2.45) is 0 Å². The summed E-state index contributed by atoms with van der Waals surface area (Å²) >= 11 is 5.87. The zero-order valence-electron chi connectivity index (χ0n) is 15.4. The highest BCUT2D eigenvalue weighted by molar-refractivity contribution is 6.30. The summed E-state index contributed by atoms with van der Waals surface area (Å²) in [6.45, 7) is 5.02. The number of aliphatic hydroxyl groups is 3. The summed E-state index contributed by atoms with van der Waals surface area (Å²) < 4.78 is 0. The van der Waals surface area contributed by atoms with Gasteiger partial charge in [0.25, 0.3) is 0 Å². The number of likely N-dealkylation sites (tertiary alicyclic amines) is 1. The molecule has 0 aromatic heterocycles. The molecular weight excluding hydrogens is 356 g/mol. The molecule has 2 atom stereocenters. The average molecular weight is 385 g/mol. The van der Waals surface area contributed by atoms with Crippen LogP contribution in [0.25, 0.3) is 0 Å². The summed E-state index contributed by atoms with van der Waals surface area (Å²) in [6, 6.07) is 7.23. The molecule has 2 rings (SSSR count).